The molecule has 2 saturated carbocycles. The second-order valence-electron chi connectivity index (χ2n) is 8.38. The van der Waals surface area contributed by atoms with Crippen molar-refractivity contribution < 1.29 is 0 Å². The molecule has 3 nitrogen and oxygen atoms in total. The molecule has 2 rings (SSSR count). The fraction of sp³-hybridized carbons (Fsp3) is 1.00. The van der Waals surface area contributed by atoms with Crippen molar-refractivity contribution in [3.05, 3.63) is 0 Å². The van der Waals surface area contributed by atoms with Crippen LogP contribution in [0.5, 0.6) is 0 Å². The van der Waals surface area contributed by atoms with Crippen LogP contribution in [-0.2, 0) is 0 Å². The summed E-state index contributed by atoms with van der Waals surface area (Å²) in [6.45, 7) is 3.02. The van der Waals surface area contributed by atoms with Gasteiger partial charge in [-0.05, 0) is 52.0 Å². The van der Waals surface area contributed by atoms with Crippen LogP contribution in [0.4, 0.5) is 0 Å². The molecule has 2 aliphatic carbocycles. The first-order chi connectivity index (χ1) is 10.5. The lowest BCUT2D eigenvalue weighted by Gasteiger charge is -2.57. The highest BCUT2D eigenvalue weighted by Gasteiger charge is 2.56. The fourth-order valence-electron chi connectivity index (χ4n) is 5.52. The first kappa shape index (κ1) is 18.2. The van der Waals surface area contributed by atoms with Gasteiger partial charge in [0.25, 0.3) is 0 Å². The van der Waals surface area contributed by atoms with Crippen LogP contribution < -0.4 is 17.2 Å². The molecule has 130 valence electrons. The minimum absolute atomic E-state index is 0.0636. The summed E-state index contributed by atoms with van der Waals surface area (Å²) in [7, 11) is 0. The van der Waals surface area contributed by atoms with Crippen LogP contribution in [0, 0.1) is 5.41 Å². The maximum Gasteiger partial charge on any atom is 0.0228 e. The Morgan fingerprint density at radius 2 is 1.27 bits per heavy atom. The molecule has 0 aromatic rings. The van der Waals surface area contributed by atoms with Crippen LogP contribution in [-0.4, -0.2) is 17.6 Å². The molecular formula is C19H39N3. The van der Waals surface area contributed by atoms with Crippen molar-refractivity contribution >= 4 is 0 Å². The molecule has 0 radical (unpaired) electrons. The standard InChI is InChI=1S/C19H39N3/c1-17(21,11-10-16-20)18(12-6-2-3-7-13-18)19(22)14-8-4-5-9-15-19/h2-16,20-22H2,1H3. The van der Waals surface area contributed by atoms with Gasteiger partial charge in [0.1, 0.15) is 0 Å². The van der Waals surface area contributed by atoms with Crippen molar-refractivity contribution in [3.8, 4) is 0 Å². The molecule has 1 atom stereocenters. The Morgan fingerprint density at radius 1 is 0.818 bits per heavy atom. The predicted molar refractivity (Wildman–Crippen MR) is 95.6 cm³/mol. The minimum Gasteiger partial charge on any atom is -0.330 e. The average molecular weight is 310 g/mol. The van der Waals surface area contributed by atoms with Gasteiger partial charge in [-0.1, -0.05) is 51.4 Å². The Kier molecular flexibility index (Phi) is 6.32. The molecule has 0 heterocycles. The third-order valence-electron chi connectivity index (χ3n) is 6.90. The Balaban J connectivity index is 2.34. The Bertz CT molecular complexity index is 322. The van der Waals surface area contributed by atoms with E-state index in [0.717, 1.165) is 19.4 Å². The van der Waals surface area contributed by atoms with Gasteiger partial charge in [-0.15, -0.1) is 0 Å². The predicted octanol–water partition coefficient (Wildman–Crippen LogP) is 3.84. The molecule has 0 saturated heterocycles. The van der Waals surface area contributed by atoms with E-state index in [2.05, 4.69) is 6.92 Å². The average Bonchev–Trinajstić information content (AvgIpc) is 2.87. The van der Waals surface area contributed by atoms with Gasteiger partial charge < -0.3 is 17.2 Å². The van der Waals surface area contributed by atoms with Gasteiger partial charge in [-0.2, -0.15) is 0 Å². The maximum absolute atomic E-state index is 7.18. The normalized spacial score (nSPS) is 28.4. The molecule has 0 aromatic carbocycles. The van der Waals surface area contributed by atoms with Crippen LogP contribution in [0.25, 0.3) is 0 Å². The van der Waals surface area contributed by atoms with Crippen LogP contribution >= 0.6 is 0 Å². The molecule has 3 heteroatoms. The number of hydrogen-bond acceptors (Lipinski definition) is 3. The van der Waals surface area contributed by atoms with Gasteiger partial charge in [0, 0.05) is 16.5 Å². The summed E-state index contributed by atoms with van der Waals surface area (Å²) in [6.07, 6.45) is 17.4. The van der Waals surface area contributed by atoms with E-state index in [1.54, 1.807) is 0 Å². The van der Waals surface area contributed by atoms with Crippen molar-refractivity contribution in [2.45, 2.75) is 108 Å². The van der Waals surface area contributed by atoms with Crippen LogP contribution in [0.2, 0.25) is 0 Å². The maximum atomic E-state index is 7.18. The minimum atomic E-state index is -0.185. The van der Waals surface area contributed by atoms with Crippen molar-refractivity contribution in [2.24, 2.45) is 22.6 Å². The summed E-state index contributed by atoms with van der Waals surface area (Å²) in [5.41, 5.74) is 19.8. The van der Waals surface area contributed by atoms with E-state index in [1.165, 1.54) is 77.0 Å². The number of hydrogen-bond donors (Lipinski definition) is 3. The fourth-order valence-corrected chi connectivity index (χ4v) is 5.52. The first-order valence-corrected chi connectivity index (χ1v) is 9.75. The second kappa shape index (κ2) is 7.63. The lowest BCUT2D eigenvalue weighted by atomic mass is 9.52. The zero-order chi connectivity index (χ0) is 16.1. The van der Waals surface area contributed by atoms with Gasteiger partial charge in [-0.25, -0.2) is 0 Å². The summed E-state index contributed by atoms with van der Waals surface area (Å²) in [4.78, 5) is 0. The van der Waals surface area contributed by atoms with E-state index in [9.17, 15) is 0 Å². The van der Waals surface area contributed by atoms with Gasteiger partial charge in [0.05, 0.1) is 0 Å². The third-order valence-corrected chi connectivity index (χ3v) is 6.90. The van der Waals surface area contributed by atoms with Crippen LogP contribution in [0.1, 0.15) is 96.8 Å². The highest BCUT2D eigenvalue weighted by Crippen LogP contribution is 2.54. The zero-order valence-corrected chi connectivity index (χ0v) is 14.8. The van der Waals surface area contributed by atoms with Crippen molar-refractivity contribution in [1.82, 2.24) is 0 Å². The summed E-state index contributed by atoms with van der Waals surface area (Å²) >= 11 is 0. The molecule has 0 amide bonds. The third kappa shape index (κ3) is 3.52. The zero-order valence-electron chi connectivity index (χ0n) is 14.8. The summed E-state index contributed by atoms with van der Waals surface area (Å²) in [5.74, 6) is 0. The molecular weight excluding hydrogens is 270 g/mol. The van der Waals surface area contributed by atoms with Gasteiger partial charge >= 0.3 is 0 Å². The quantitative estimate of drug-likeness (QED) is 0.675. The second-order valence-corrected chi connectivity index (χ2v) is 8.38. The molecule has 1 unspecified atom stereocenters. The SMILES string of the molecule is CC(N)(CCCN)C1(C2(N)CCCCCC2)CCCCCC1. The Hall–Kier alpha value is -0.120. The Morgan fingerprint density at radius 3 is 1.73 bits per heavy atom. The molecule has 22 heavy (non-hydrogen) atoms. The van der Waals surface area contributed by atoms with Crippen LogP contribution in [0.3, 0.4) is 0 Å². The largest absolute Gasteiger partial charge is 0.330 e. The van der Waals surface area contributed by atoms with E-state index >= 15 is 0 Å². The molecule has 6 N–H and O–H groups in total. The molecule has 0 bridgehead atoms. The molecule has 2 fully saturated rings. The molecule has 0 aromatic heterocycles. The number of nitrogens with two attached hydrogens (primary N) is 3. The van der Waals surface area contributed by atoms with E-state index < -0.39 is 0 Å². The number of rotatable bonds is 5. The van der Waals surface area contributed by atoms with Gasteiger partial charge in [-0.3, -0.25) is 0 Å². The first-order valence-electron chi connectivity index (χ1n) is 9.75. The van der Waals surface area contributed by atoms with Crippen molar-refractivity contribution in [3.63, 3.8) is 0 Å². The monoisotopic (exact) mass is 309 g/mol. The smallest absolute Gasteiger partial charge is 0.0228 e. The summed E-state index contributed by atoms with van der Waals surface area (Å²) in [6, 6.07) is 0. The van der Waals surface area contributed by atoms with Crippen molar-refractivity contribution in [2.75, 3.05) is 6.54 Å². The van der Waals surface area contributed by atoms with Gasteiger partial charge in [0.15, 0.2) is 0 Å². The van der Waals surface area contributed by atoms with E-state index in [0.29, 0.717) is 0 Å². The van der Waals surface area contributed by atoms with Crippen LogP contribution in [0.15, 0.2) is 0 Å². The highest BCUT2D eigenvalue weighted by molar-refractivity contribution is 5.13. The highest BCUT2D eigenvalue weighted by atomic mass is 14.9. The lowest BCUT2D eigenvalue weighted by Crippen LogP contribution is -2.68. The molecule has 0 aliphatic heterocycles. The Labute approximate surface area is 137 Å². The summed E-state index contributed by atoms with van der Waals surface area (Å²) in [5, 5.41) is 0. The molecule has 2 aliphatic rings. The van der Waals surface area contributed by atoms with E-state index in [1.807, 2.05) is 0 Å². The van der Waals surface area contributed by atoms with Gasteiger partial charge in [0.2, 0.25) is 0 Å². The lowest BCUT2D eigenvalue weighted by molar-refractivity contribution is -0.00409. The van der Waals surface area contributed by atoms with E-state index in [4.69, 9.17) is 17.2 Å². The van der Waals surface area contributed by atoms with Crippen molar-refractivity contribution in [1.29, 1.82) is 0 Å². The molecule has 0 spiro atoms. The van der Waals surface area contributed by atoms with E-state index in [-0.39, 0.29) is 16.5 Å². The summed E-state index contributed by atoms with van der Waals surface area (Å²) < 4.78 is 0. The topological polar surface area (TPSA) is 78.1 Å².